The summed E-state index contributed by atoms with van der Waals surface area (Å²) >= 11 is 6.86. The first-order valence-electron chi connectivity index (χ1n) is 7.61. The highest BCUT2D eigenvalue weighted by Crippen LogP contribution is 2.36. The van der Waals surface area contributed by atoms with Crippen LogP contribution < -0.4 is 10.1 Å². The quantitative estimate of drug-likeness (QED) is 0.571. The second-order valence-corrected chi connectivity index (χ2v) is 7.32. The van der Waals surface area contributed by atoms with E-state index in [1.807, 2.05) is 19.1 Å². The largest absolute Gasteiger partial charge is 0.486 e. The highest BCUT2D eigenvalue weighted by molar-refractivity contribution is 9.11. The lowest BCUT2D eigenvalue weighted by Crippen LogP contribution is -2.04. The molecule has 25 heavy (non-hydrogen) atoms. The zero-order valence-electron chi connectivity index (χ0n) is 13.8. The van der Waals surface area contributed by atoms with Gasteiger partial charge in [-0.25, -0.2) is 4.39 Å². The number of anilines is 1. The zero-order valence-corrected chi connectivity index (χ0v) is 17.0. The van der Waals surface area contributed by atoms with Crippen LogP contribution in [-0.2, 0) is 17.8 Å². The Kier molecular flexibility index (Phi) is 6.84. The molecule has 134 valence electrons. The van der Waals surface area contributed by atoms with E-state index in [2.05, 4.69) is 37.2 Å². The van der Waals surface area contributed by atoms with Gasteiger partial charge in [-0.1, -0.05) is 0 Å². The Morgan fingerprint density at radius 2 is 1.88 bits per heavy atom. The first-order chi connectivity index (χ1) is 11.8. The Morgan fingerprint density at radius 1 is 1.24 bits per heavy atom. The molecule has 0 amide bonds. The highest BCUT2D eigenvalue weighted by Gasteiger charge is 2.13. The molecule has 2 aromatic carbocycles. The summed E-state index contributed by atoms with van der Waals surface area (Å²) in [6.07, 6.45) is 0.477. The number of hydrogen-bond acceptors (Lipinski definition) is 3. The number of hydrogen-bond donors (Lipinski definition) is 2. The summed E-state index contributed by atoms with van der Waals surface area (Å²) in [6.45, 7) is 1.97. The summed E-state index contributed by atoms with van der Waals surface area (Å²) in [4.78, 5) is 10.7. The van der Waals surface area contributed by atoms with E-state index in [0.717, 1.165) is 11.1 Å². The van der Waals surface area contributed by atoms with Crippen LogP contribution in [0.3, 0.4) is 0 Å². The predicted octanol–water partition coefficient (Wildman–Crippen LogP) is 5.30. The molecule has 0 aliphatic carbocycles. The number of aliphatic carboxylic acids is 1. The number of nitrogens with one attached hydrogen (secondary N) is 1. The van der Waals surface area contributed by atoms with E-state index < -0.39 is 5.97 Å². The number of benzene rings is 2. The first kappa shape index (κ1) is 19.7. The van der Waals surface area contributed by atoms with Crippen molar-refractivity contribution in [3.05, 3.63) is 55.7 Å². The van der Waals surface area contributed by atoms with Gasteiger partial charge in [0.05, 0.1) is 14.6 Å². The molecule has 2 aromatic rings. The molecule has 0 aliphatic rings. The van der Waals surface area contributed by atoms with E-state index >= 15 is 0 Å². The molecule has 0 unspecified atom stereocenters. The monoisotopic (exact) mass is 473 g/mol. The highest BCUT2D eigenvalue weighted by atomic mass is 79.9. The van der Waals surface area contributed by atoms with Gasteiger partial charge in [-0.3, -0.25) is 4.79 Å². The van der Waals surface area contributed by atoms with Crippen molar-refractivity contribution in [1.29, 1.82) is 0 Å². The molecule has 0 fully saturated rings. The maximum Gasteiger partial charge on any atom is 0.303 e. The molecule has 0 bridgehead atoms. The van der Waals surface area contributed by atoms with Crippen molar-refractivity contribution >= 4 is 43.5 Å². The number of carboxylic acids is 1. The fourth-order valence-electron chi connectivity index (χ4n) is 2.43. The third-order valence-electron chi connectivity index (χ3n) is 3.62. The Labute approximate surface area is 162 Å². The Morgan fingerprint density at radius 3 is 2.44 bits per heavy atom. The predicted molar refractivity (Wildman–Crippen MR) is 103 cm³/mol. The molecule has 7 heteroatoms. The van der Waals surface area contributed by atoms with E-state index in [4.69, 9.17) is 9.84 Å². The van der Waals surface area contributed by atoms with Crippen LogP contribution in [0.2, 0.25) is 0 Å². The maximum atomic E-state index is 14.4. The minimum atomic E-state index is -0.845. The lowest BCUT2D eigenvalue weighted by atomic mass is 10.1. The summed E-state index contributed by atoms with van der Waals surface area (Å²) in [5, 5.41) is 11.6. The van der Waals surface area contributed by atoms with E-state index in [-0.39, 0.29) is 18.8 Å². The van der Waals surface area contributed by atoms with Gasteiger partial charge in [-0.2, -0.15) is 0 Å². The summed E-state index contributed by atoms with van der Waals surface area (Å²) in [5.74, 6) is -0.632. The number of halogens is 3. The molecular formula is C18H18Br2FNO3. The molecule has 2 rings (SSSR count). The van der Waals surface area contributed by atoms with Crippen LogP contribution in [0.4, 0.5) is 10.1 Å². The molecule has 0 atom stereocenters. The summed E-state index contributed by atoms with van der Waals surface area (Å²) in [7, 11) is 1.67. The van der Waals surface area contributed by atoms with Gasteiger partial charge < -0.3 is 15.2 Å². The third-order valence-corrected chi connectivity index (χ3v) is 4.80. The molecule has 0 aliphatic heterocycles. The van der Waals surface area contributed by atoms with E-state index in [0.29, 0.717) is 32.4 Å². The van der Waals surface area contributed by atoms with Gasteiger partial charge in [0.15, 0.2) is 5.82 Å². The lowest BCUT2D eigenvalue weighted by molar-refractivity contribution is -0.136. The topological polar surface area (TPSA) is 58.6 Å². The van der Waals surface area contributed by atoms with Crippen LogP contribution in [0.25, 0.3) is 0 Å². The van der Waals surface area contributed by atoms with Crippen molar-refractivity contribution in [3.63, 3.8) is 0 Å². The molecule has 0 spiro atoms. The van der Waals surface area contributed by atoms with E-state index in [9.17, 15) is 9.18 Å². The average molecular weight is 475 g/mol. The van der Waals surface area contributed by atoms with Crippen LogP contribution in [0.15, 0.2) is 33.2 Å². The van der Waals surface area contributed by atoms with Crippen molar-refractivity contribution in [2.45, 2.75) is 26.4 Å². The summed E-state index contributed by atoms with van der Waals surface area (Å²) < 4.78 is 21.5. The van der Waals surface area contributed by atoms with Crippen molar-refractivity contribution in [3.8, 4) is 5.75 Å². The number of aryl methyl sites for hydroxylation is 2. The van der Waals surface area contributed by atoms with Crippen LogP contribution in [0, 0.1) is 12.7 Å². The standard InChI is InChI=1S/C18H18Br2FNO3/c1-10-5-12(17(21)15(6-10)22-2)9-25-18-13(19)7-11(8-14(18)20)3-4-16(23)24/h5-8,22H,3-4,9H2,1-2H3,(H,23,24). The van der Waals surface area contributed by atoms with Gasteiger partial charge in [0, 0.05) is 19.0 Å². The first-order valence-corrected chi connectivity index (χ1v) is 9.19. The van der Waals surface area contributed by atoms with Gasteiger partial charge in [-0.05, 0) is 80.6 Å². The second kappa shape index (κ2) is 8.67. The number of carbonyl (C=O) groups is 1. The molecule has 4 nitrogen and oxygen atoms in total. The average Bonchev–Trinajstić information content (AvgIpc) is 2.54. The lowest BCUT2D eigenvalue weighted by Gasteiger charge is -2.14. The second-order valence-electron chi connectivity index (χ2n) is 5.61. The van der Waals surface area contributed by atoms with Crippen molar-refractivity contribution < 1.29 is 19.0 Å². The molecular weight excluding hydrogens is 457 g/mol. The Bertz CT molecular complexity index is 773. The van der Waals surface area contributed by atoms with Gasteiger partial charge in [-0.15, -0.1) is 0 Å². The zero-order chi connectivity index (χ0) is 18.6. The van der Waals surface area contributed by atoms with Crippen LogP contribution >= 0.6 is 31.9 Å². The number of rotatable bonds is 7. The fraction of sp³-hybridized carbons (Fsp3) is 0.278. The van der Waals surface area contributed by atoms with Gasteiger partial charge >= 0.3 is 5.97 Å². The number of carboxylic acid groups (broad SMARTS) is 1. The minimum Gasteiger partial charge on any atom is -0.486 e. The number of ether oxygens (including phenoxy) is 1. The molecule has 0 saturated heterocycles. The molecule has 0 radical (unpaired) electrons. The molecule has 0 heterocycles. The Balaban J connectivity index is 2.19. The minimum absolute atomic E-state index is 0.0559. The van der Waals surface area contributed by atoms with Crippen LogP contribution in [-0.4, -0.2) is 18.1 Å². The van der Waals surface area contributed by atoms with Crippen LogP contribution in [0.1, 0.15) is 23.1 Å². The third kappa shape index (κ3) is 5.19. The van der Waals surface area contributed by atoms with Crippen molar-refractivity contribution in [2.75, 3.05) is 12.4 Å². The summed E-state index contributed by atoms with van der Waals surface area (Å²) in [5.41, 5.74) is 2.69. The maximum absolute atomic E-state index is 14.4. The summed E-state index contributed by atoms with van der Waals surface area (Å²) in [6, 6.07) is 7.12. The molecule has 0 aromatic heterocycles. The van der Waals surface area contributed by atoms with Crippen LogP contribution in [0.5, 0.6) is 5.75 Å². The molecule has 0 saturated carbocycles. The van der Waals surface area contributed by atoms with E-state index in [1.54, 1.807) is 19.2 Å². The normalized spacial score (nSPS) is 10.6. The Hall–Kier alpha value is -1.60. The molecule has 2 N–H and O–H groups in total. The van der Waals surface area contributed by atoms with Crippen molar-refractivity contribution in [1.82, 2.24) is 0 Å². The van der Waals surface area contributed by atoms with Gasteiger partial charge in [0.1, 0.15) is 12.4 Å². The van der Waals surface area contributed by atoms with Gasteiger partial charge in [0.25, 0.3) is 0 Å². The van der Waals surface area contributed by atoms with Crippen molar-refractivity contribution in [2.24, 2.45) is 0 Å². The van der Waals surface area contributed by atoms with Gasteiger partial charge in [0.2, 0.25) is 0 Å². The smallest absolute Gasteiger partial charge is 0.303 e. The fourth-order valence-corrected chi connectivity index (χ4v) is 3.94. The van der Waals surface area contributed by atoms with E-state index in [1.165, 1.54) is 0 Å². The SMILES string of the molecule is CNc1cc(C)cc(COc2c(Br)cc(CCC(=O)O)cc2Br)c1F.